The van der Waals surface area contributed by atoms with Gasteiger partial charge in [0.15, 0.2) is 0 Å². The predicted molar refractivity (Wildman–Crippen MR) is 55.6 cm³/mol. The molecule has 1 aliphatic heterocycles. The molecule has 1 aromatic rings. The first-order valence-electron chi connectivity index (χ1n) is 5.17. The van der Waals surface area contributed by atoms with Crippen molar-refractivity contribution in [2.45, 2.75) is 6.42 Å². The minimum absolute atomic E-state index is 0.762. The summed E-state index contributed by atoms with van der Waals surface area (Å²) in [5.41, 5.74) is 2.03. The highest BCUT2D eigenvalue weighted by molar-refractivity contribution is 5.75. The Morgan fingerprint density at radius 2 is 1.79 bits per heavy atom. The average Bonchev–Trinajstić information content (AvgIpc) is 2.86. The Kier molecular flexibility index (Phi) is 1.63. The van der Waals surface area contributed by atoms with Gasteiger partial charge < -0.3 is 4.90 Å². The van der Waals surface area contributed by atoms with Crippen LogP contribution in [0.4, 0.5) is 5.69 Å². The third-order valence-electron chi connectivity index (χ3n) is 3.37. The number of benzene rings is 1. The van der Waals surface area contributed by atoms with Gasteiger partial charge in [-0.25, -0.2) is 0 Å². The molecule has 2 fully saturated rings. The van der Waals surface area contributed by atoms with Gasteiger partial charge in [-0.15, -0.1) is 0 Å². The van der Waals surface area contributed by atoms with Crippen LogP contribution in [0.5, 0.6) is 0 Å². The number of fused-ring (bicyclic) bond motifs is 1. The molecule has 0 bridgehead atoms. The molecule has 1 aliphatic carbocycles. The monoisotopic (exact) mass is 187 g/mol. The van der Waals surface area contributed by atoms with Crippen LogP contribution in [0, 0.1) is 11.8 Å². The van der Waals surface area contributed by atoms with E-state index in [9.17, 15) is 4.79 Å². The Labute approximate surface area is 83.5 Å². The molecular weight excluding hydrogens is 174 g/mol. The number of aldehydes is 1. The summed E-state index contributed by atoms with van der Waals surface area (Å²) in [7, 11) is 0. The Bertz CT molecular complexity index is 347. The van der Waals surface area contributed by atoms with Gasteiger partial charge in [-0.1, -0.05) is 0 Å². The van der Waals surface area contributed by atoms with Gasteiger partial charge >= 0.3 is 0 Å². The van der Waals surface area contributed by atoms with Crippen molar-refractivity contribution in [1.82, 2.24) is 0 Å². The molecule has 2 aliphatic rings. The first kappa shape index (κ1) is 8.04. The molecule has 72 valence electrons. The maximum absolute atomic E-state index is 10.5. The van der Waals surface area contributed by atoms with Crippen LogP contribution in [0.25, 0.3) is 0 Å². The number of anilines is 1. The van der Waals surface area contributed by atoms with Crippen LogP contribution in [-0.4, -0.2) is 19.4 Å². The number of carbonyl (C=O) groups excluding carboxylic acids is 1. The lowest BCUT2D eigenvalue weighted by molar-refractivity contribution is 0.112. The van der Waals surface area contributed by atoms with E-state index in [1.54, 1.807) is 0 Å². The van der Waals surface area contributed by atoms with Gasteiger partial charge in [0.05, 0.1) is 0 Å². The molecular formula is C12H13NO. The first-order chi connectivity index (χ1) is 6.86. The fraction of sp³-hybridized carbons (Fsp3) is 0.417. The highest BCUT2D eigenvalue weighted by Gasteiger charge is 2.44. The third kappa shape index (κ3) is 1.22. The third-order valence-corrected chi connectivity index (χ3v) is 3.37. The van der Waals surface area contributed by atoms with Gasteiger partial charge in [0.1, 0.15) is 6.29 Å². The standard InChI is InChI=1S/C12H13NO/c14-8-9-1-3-12(4-2-9)13-6-10-5-11(10)7-13/h1-4,8,10-11H,5-7H2/t10-,11+. The van der Waals surface area contributed by atoms with Crippen molar-refractivity contribution in [3.05, 3.63) is 29.8 Å². The fourth-order valence-corrected chi connectivity index (χ4v) is 2.37. The van der Waals surface area contributed by atoms with Crippen LogP contribution in [-0.2, 0) is 0 Å². The van der Waals surface area contributed by atoms with Crippen molar-refractivity contribution in [3.63, 3.8) is 0 Å². The quantitative estimate of drug-likeness (QED) is 0.660. The highest BCUT2D eigenvalue weighted by atomic mass is 16.1. The number of piperidine rings is 1. The second kappa shape index (κ2) is 2.84. The van der Waals surface area contributed by atoms with Gasteiger partial charge in [-0.2, -0.15) is 0 Å². The van der Waals surface area contributed by atoms with Crippen molar-refractivity contribution in [2.75, 3.05) is 18.0 Å². The largest absolute Gasteiger partial charge is 0.371 e. The van der Waals surface area contributed by atoms with E-state index in [0.717, 1.165) is 23.7 Å². The SMILES string of the molecule is O=Cc1ccc(N2C[C@H]3C[C@H]3C2)cc1. The molecule has 0 aromatic heterocycles. The molecule has 3 rings (SSSR count). The molecule has 1 saturated carbocycles. The minimum Gasteiger partial charge on any atom is -0.371 e. The van der Waals surface area contributed by atoms with Crippen molar-refractivity contribution >= 4 is 12.0 Å². The fourth-order valence-electron chi connectivity index (χ4n) is 2.37. The number of carbonyl (C=O) groups is 1. The Balaban J connectivity index is 1.79. The van der Waals surface area contributed by atoms with Crippen molar-refractivity contribution < 1.29 is 4.79 Å². The van der Waals surface area contributed by atoms with Crippen LogP contribution in [0.1, 0.15) is 16.8 Å². The summed E-state index contributed by atoms with van der Waals surface area (Å²) in [6.45, 7) is 2.43. The van der Waals surface area contributed by atoms with Crippen LogP contribution < -0.4 is 4.90 Å². The summed E-state index contributed by atoms with van der Waals surface area (Å²) in [6, 6.07) is 7.89. The normalized spacial score (nSPS) is 28.7. The number of rotatable bonds is 2. The summed E-state index contributed by atoms with van der Waals surface area (Å²) < 4.78 is 0. The minimum atomic E-state index is 0.762. The molecule has 0 radical (unpaired) electrons. The van der Waals surface area contributed by atoms with E-state index in [0.29, 0.717) is 0 Å². The molecule has 2 nitrogen and oxygen atoms in total. The average molecular weight is 187 g/mol. The summed E-state index contributed by atoms with van der Waals surface area (Å²) in [4.78, 5) is 12.9. The first-order valence-corrected chi connectivity index (χ1v) is 5.17. The van der Waals surface area contributed by atoms with E-state index in [-0.39, 0.29) is 0 Å². The van der Waals surface area contributed by atoms with E-state index in [1.807, 2.05) is 12.1 Å². The predicted octanol–water partition coefficient (Wildman–Crippen LogP) is 1.96. The zero-order valence-electron chi connectivity index (χ0n) is 8.02. The highest BCUT2D eigenvalue weighted by Crippen LogP contribution is 2.46. The lowest BCUT2D eigenvalue weighted by Gasteiger charge is -2.19. The molecule has 0 spiro atoms. The van der Waals surface area contributed by atoms with E-state index in [2.05, 4.69) is 17.0 Å². The molecule has 0 unspecified atom stereocenters. The molecule has 1 heterocycles. The van der Waals surface area contributed by atoms with E-state index in [1.165, 1.54) is 25.2 Å². The summed E-state index contributed by atoms with van der Waals surface area (Å²) in [6.07, 6.45) is 2.33. The van der Waals surface area contributed by atoms with Crippen molar-refractivity contribution in [3.8, 4) is 0 Å². The van der Waals surface area contributed by atoms with Gasteiger partial charge in [0.25, 0.3) is 0 Å². The smallest absolute Gasteiger partial charge is 0.150 e. The Hall–Kier alpha value is -1.31. The zero-order valence-corrected chi connectivity index (χ0v) is 8.02. The van der Waals surface area contributed by atoms with Gasteiger partial charge in [-0.3, -0.25) is 4.79 Å². The Morgan fingerprint density at radius 1 is 1.14 bits per heavy atom. The van der Waals surface area contributed by atoms with E-state index >= 15 is 0 Å². The number of hydrogen-bond acceptors (Lipinski definition) is 2. The van der Waals surface area contributed by atoms with Gasteiger partial charge in [0, 0.05) is 24.3 Å². The van der Waals surface area contributed by atoms with E-state index < -0.39 is 0 Å². The second-order valence-electron chi connectivity index (χ2n) is 4.37. The summed E-state index contributed by atoms with van der Waals surface area (Å²) >= 11 is 0. The zero-order chi connectivity index (χ0) is 9.54. The Morgan fingerprint density at radius 3 is 2.36 bits per heavy atom. The molecule has 1 aromatic carbocycles. The van der Waals surface area contributed by atoms with Crippen LogP contribution in [0.3, 0.4) is 0 Å². The van der Waals surface area contributed by atoms with Crippen molar-refractivity contribution in [1.29, 1.82) is 0 Å². The second-order valence-corrected chi connectivity index (χ2v) is 4.37. The van der Waals surface area contributed by atoms with Gasteiger partial charge in [-0.05, 0) is 42.5 Å². The molecule has 1 saturated heterocycles. The van der Waals surface area contributed by atoms with Crippen LogP contribution >= 0.6 is 0 Å². The number of hydrogen-bond donors (Lipinski definition) is 0. The maximum Gasteiger partial charge on any atom is 0.150 e. The molecule has 0 N–H and O–H groups in total. The molecule has 14 heavy (non-hydrogen) atoms. The van der Waals surface area contributed by atoms with Crippen LogP contribution in [0.2, 0.25) is 0 Å². The molecule has 2 heteroatoms. The lowest BCUT2D eigenvalue weighted by Crippen LogP contribution is -2.21. The van der Waals surface area contributed by atoms with Gasteiger partial charge in [0.2, 0.25) is 0 Å². The van der Waals surface area contributed by atoms with Crippen LogP contribution in [0.15, 0.2) is 24.3 Å². The topological polar surface area (TPSA) is 20.3 Å². The number of nitrogens with zero attached hydrogens (tertiary/aromatic N) is 1. The van der Waals surface area contributed by atoms with E-state index in [4.69, 9.17) is 0 Å². The lowest BCUT2D eigenvalue weighted by atomic mass is 10.2. The van der Waals surface area contributed by atoms with Crippen molar-refractivity contribution in [2.24, 2.45) is 11.8 Å². The summed E-state index contributed by atoms with van der Waals surface area (Å²) in [5, 5.41) is 0. The molecule has 0 amide bonds. The molecule has 2 atom stereocenters. The summed E-state index contributed by atoms with van der Waals surface area (Å²) in [5.74, 6) is 1.92. The maximum atomic E-state index is 10.5.